The molecule has 96 valence electrons. The van der Waals surface area contributed by atoms with Crippen LogP contribution in [0.2, 0.25) is 0 Å². The molecule has 1 fully saturated rings. The van der Waals surface area contributed by atoms with Crippen molar-refractivity contribution in [2.75, 3.05) is 6.61 Å². The van der Waals surface area contributed by atoms with Crippen LogP contribution in [0.25, 0.3) is 0 Å². The minimum absolute atomic E-state index is 0.186. The van der Waals surface area contributed by atoms with Crippen molar-refractivity contribution >= 4 is 5.71 Å². The van der Waals surface area contributed by atoms with Gasteiger partial charge in [-0.05, 0) is 39.0 Å². The SMILES string of the molecule is CC#C/C(=N\OC[C@H]1CCC[C@@H](C)O1)C(C)C. The molecule has 1 saturated heterocycles. The van der Waals surface area contributed by atoms with Crippen molar-refractivity contribution < 1.29 is 9.57 Å². The van der Waals surface area contributed by atoms with Crippen molar-refractivity contribution in [2.45, 2.75) is 59.2 Å². The lowest BCUT2D eigenvalue weighted by Crippen LogP contribution is -2.28. The van der Waals surface area contributed by atoms with E-state index in [1.165, 1.54) is 6.42 Å². The standard InChI is InChI=1S/C14H23NO2/c1-5-7-14(11(2)3)15-16-10-13-9-6-8-12(4)17-13/h11-13H,6,8-10H2,1-4H3/b15-14+/t12-,13-/m1/s1. The summed E-state index contributed by atoms with van der Waals surface area (Å²) in [6.07, 6.45) is 3.96. The van der Waals surface area contributed by atoms with E-state index in [2.05, 4.69) is 37.8 Å². The fraction of sp³-hybridized carbons (Fsp3) is 0.786. The third-order valence-electron chi connectivity index (χ3n) is 2.78. The van der Waals surface area contributed by atoms with Crippen LogP contribution < -0.4 is 0 Å². The molecule has 3 nitrogen and oxygen atoms in total. The Morgan fingerprint density at radius 3 is 2.82 bits per heavy atom. The smallest absolute Gasteiger partial charge is 0.143 e. The maximum Gasteiger partial charge on any atom is 0.143 e. The normalized spacial score (nSPS) is 25.4. The van der Waals surface area contributed by atoms with Crippen LogP contribution in [0.15, 0.2) is 5.16 Å². The van der Waals surface area contributed by atoms with E-state index in [-0.39, 0.29) is 6.10 Å². The van der Waals surface area contributed by atoms with Gasteiger partial charge >= 0.3 is 0 Å². The van der Waals surface area contributed by atoms with E-state index >= 15 is 0 Å². The molecule has 0 unspecified atom stereocenters. The summed E-state index contributed by atoms with van der Waals surface area (Å²) >= 11 is 0. The zero-order chi connectivity index (χ0) is 12.7. The summed E-state index contributed by atoms with van der Waals surface area (Å²) in [7, 11) is 0. The largest absolute Gasteiger partial charge is 0.392 e. The first-order valence-electron chi connectivity index (χ1n) is 6.41. The van der Waals surface area contributed by atoms with Crippen molar-refractivity contribution in [3.05, 3.63) is 0 Å². The summed E-state index contributed by atoms with van der Waals surface area (Å²) in [5.74, 6) is 6.12. The van der Waals surface area contributed by atoms with Gasteiger partial charge in [0.2, 0.25) is 0 Å². The monoisotopic (exact) mass is 237 g/mol. The summed E-state index contributed by atoms with van der Waals surface area (Å²) in [5.41, 5.74) is 0.802. The summed E-state index contributed by atoms with van der Waals surface area (Å²) < 4.78 is 5.76. The second kappa shape index (κ2) is 7.34. The Hall–Kier alpha value is -1.01. The van der Waals surface area contributed by atoms with Gasteiger partial charge in [0.15, 0.2) is 0 Å². The van der Waals surface area contributed by atoms with Crippen LogP contribution in [0, 0.1) is 17.8 Å². The molecule has 0 aromatic carbocycles. The molecule has 0 saturated carbocycles. The summed E-state index contributed by atoms with van der Waals surface area (Å²) in [4.78, 5) is 5.36. The summed E-state index contributed by atoms with van der Waals surface area (Å²) in [6.45, 7) is 8.57. The van der Waals surface area contributed by atoms with Crippen LogP contribution in [-0.2, 0) is 9.57 Å². The second-order valence-electron chi connectivity index (χ2n) is 4.80. The maximum absolute atomic E-state index is 5.76. The molecular weight excluding hydrogens is 214 g/mol. The average molecular weight is 237 g/mol. The van der Waals surface area contributed by atoms with Gasteiger partial charge in [-0.3, -0.25) is 0 Å². The lowest BCUT2D eigenvalue weighted by molar-refractivity contribution is -0.0783. The fourth-order valence-electron chi connectivity index (χ4n) is 1.81. The van der Waals surface area contributed by atoms with Crippen LogP contribution in [0.3, 0.4) is 0 Å². The van der Waals surface area contributed by atoms with E-state index in [4.69, 9.17) is 9.57 Å². The van der Waals surface area contributed by atoms with Gasteiger partial charge in [0, 0.05) is 5.92 Å². The van der Waals surface area contributed by atoms with Crippen LogP contribution in [0.1, 0.15) is 47.0 Å². The Kier molecular flexibility index (Phi) is 6.07. The molecule has 1 aliphatic heterocycles. The van der Waals surface area contributed by atoms with E-state index in [1.807, 2.05) is 6.92 Å². The molecule has 0 aromatic heterocycles. The molecule has 0 N–H and O–H groups in total. The molecule has 0 aromatic rings. The second-order valence-corrected chi connectivity index (χ2v) is 4.80. The van der Waals surface area contributed by atoms with Crippen molar-refractivity contribution in [2.24, 2.45) is 11.1 Å². The maximum atomic E-state index is 5.76. The number of nitrogens with zero attached hydrogens (tertiary/aromatic N) is 1. The molecule has 17 heavy (non-hydrogen) atoms. The lowest BCUT2D eigenvalue weighted by Gasteiger charge is -2.26. The Bertz CT molecular complexity index is 312. The zero-order valence-electron chi connectivity index (χ0n) is 11.3. The van der Waals surface area contributed by atoms with Gasteiger partial charge in [-0.25, -0.2) is 0 Å². The van der Waals surface area contributed by atoms with Crippen molar-refractivity contribution in [1.29, 1.82) is 0 Å². The van der Waals surface area contributed by atoms with Gasteiger partial charge < -0.3 is 9.57 Å². The van der Waals surface area contributed by atoms with Gasteiger partial charge in [-0.2, -0.15) is 0 Å². The fourth-order valence-corrected chi connectivity index (χ4v) is 1.81. The van der Waals surface area contributed by atoms with Crippen LogP contribution in [0.5, 0.6) is 0 Å². The number of hydrogen-bond acceptors (Lipinski definition) is 3. The highest BCUT2D eigenvalue weighted by molar-refractivity contribution is 6.01. The highest BCUT2D eigenvalue weighted by atomic mass is 16.6. The predicted molar refractivity (Wildman–Crippen MR) is 69.9 cm³/mol. The molecule has 2 atom stereocenters. The molecule has 0 amide bonds. The zero-order valence-corrected chi connectivity index (χ0v) is 11.3. The highest BCUT2D eigenvalue weighted by Gasteiger charge is 2.19. The van der Waals surface area contributed by atoms with Gasteiger partial charge in [-0.1, -0.05) is 24.9 Å². The molecule has 0 radical (unpaired) electrons. The summed E-state index contributed by atoms with van der Waals surface area (Å²) in [6, 6.07) is 0. The van der Waals surface area contributed by atoms with E-state index in [1.54, 1.807) is 0 Å². The van der Waals surface area contributed by atoms with Crippen molar-refractivity contribution in [1.82, 2.24) is 0 Å². The van der Waals surface area contributed by atoms with E-state index in [9.17, 15) is 0 Å². The van der Waals surface area contributed by atoms with E-state index in [0.29, 0.717) is 18.6 Å². The first kappa shape index (κ1) is 14.1. The van der Waals surface area contributed by atoms with Crippen molar-refractivity contribution in [3.63, 3.8) is 0 Å². The minimum Gasteiger partial charge on any atom is -0.392 e. The lowest BCUT2D eigenvalue weighted by atomic mass is 10.1. The first-order valence-corrected chi connectivity index (χ1v) is 6.41. The minimum atomic E-state index is 0.186. The molecule has 3 heteroatoms. The third kappa shape index (κ3) is 5.23. The third-order valence-corrected chi connectivity index (χ3v) is 2.78. The van der Waals surface area contributed by atoms with Gasteiger partial charge in [-0.15, -0.1) is 0 Å². The Labute approximate surface area is 105 Å². The molecule has 0 spiro atoms. The molecule has 0 bridgehead atoms. The molecule has 1 rings (SSSR count). The van der Waals surface area contributed by atoms with Gasteiger partial charge in [0.05, 0.1) is 12.2 Å². The molecule has 1 aliphatic rings. The average Bonchev–Trinajstić information content (AvgIpc) is 2.28. The van der Waals surface area contributed by atoms with Crippen LogP contribution >= 0.6 is 0 Å². The highest BCUT2D eigenvalue weighted by Crippen LogP contribution is 2.18. The molecular formula is C14H23NO2. The van der Waals surface area contributed by atoms with E-state index in [0.717, 1.165) is 18.6 Å². The van der Waals surface area contributed by atoms with Gasteiger partial charge in [0.25, 0.3) is 0 Å². The first-order chi connectivity index (χ1) is 8.13. The summed E-state index contributed by atoms with van der Waals surface area (Å²) in [5, 5.41) is 4.10. The van der Waals surface area contributed by atoms with E-state index < -0.39 is 0 Å². The number of oxime groups is 1. The molecule has 0 aliphatic carbocycles. The van der Waals surface area contributed by atoms with Gasteiger partial charge in [0.1, 0.15) is 12.3 Å². The Morgan fingerprint density at radius 2 is 2.24 bits per heavy atom. The quantitative estimate of drug-likeness (QED) is 0.427. The Morgan fingerprint density at radius 1 is 1.47 bits per heavy atom. The van der Waals surface area contributed by atoms with Crippen LogP contribution in [0.4, 0.5) is 0 Å². The number of ether oxygens (including phenoxy) is 1. The predicted octanol–water partition coefficient (Wildman–Crippen LogP) is 3.00. The van der Waals surface area contributed by atoms with Crippen molar-refractivity contribution in [3.8, 4) is 11.8 Å². The number of rotatable bonds is 4. The topological polar surface area (TPSA) is 30.8 Å². The molecule has 1 heterocycles. The number of hydrogen-bond donors (Lipinski definition) is 0. The Balaban J connectivity index is 2.38. The van der Waals surface area contributed by atoms with Crippen LogP contribution in [-0.4, -0.2) is 24.5 Å².